The van der Waals surface area contributed by atoms with Gasteiger partial charge in [0.15, 0.2) is 0 Å². The van der Waals surface area contributed by atoms with E-state index in [0.29, 0.717) is 13.0 Å². The summed E-state index contributed by atoms with van der Waals surface area (Å²) in [7, 11) is 1.48. The van der Waals surface area contributed by atoms with E-state index in [2.05, 4.69) is 4.98 Å². The number of fused-ring (bicyclic) bond motifs is 1. The van der Waals surface area contributed by atoms with E-state index in [9.17, 15) is 14.4 Å². The summed E-state index contributed by atoms with van der Waals surface area (Å²) in [6, 6.07) is 2.97. The minimum atomic E-state index is -0.610. The minimum absolute atomic E-state index is 0.136. The molecule has 7 heteroatoms. The van der Waals surface area contributed by atoms with Gasteiger partial charge in [0.25, 0.3) is 11.1 Å². The van der Waals surface area contributed by atoms with Crippen LogP contribution in [0, 0.1) is 11.3 Å². The summed E-state index contributed by atoms with van der Waals surface area (Å²) >= 11 is 0. The van der Waals surface area contributed by atoms with Gasteiger partial charge < -0.3 is 4.98 Å². The standard InChI is InChI=1S/C13H14N4O3/c1-3-4-5-17-12(19)9-6-8(7-14)11(18)15-10(9)16(2)13(17)20/h6H,3-5H2,1-2H3,(H,15,18). The number of rotatable bonds is 3. The molecular formula is C13H14N4O3. The number of aromatic amines is 1. The first-order chi connectivity index (χ1) is 9.51. The summed E-state index contributed by atoms with van der Waals surface area (Å²) in [5.41, 5.74) is -1.58. The first-order valence-corrected chi connectivity index (χ1v) is 6.28. The molecule has 104 valence electrons. The molecule has 7 nitrogen and oxygen atoms in total. The van der Waals surface area contributed by atoms with E-state index in [1.165, 1.54) is 17.7 Å². The van der Waals surface area contributed by atoms with E-state index in [0.717, 1.165) is 11.0 Å². The number of aromatic nitrogens is 3. The van der Waals surface area contributed by atoms with Gasteiger partial charge >= 0.3 is 5.69 Å². The third-order valence-corrected chi connectivity index (χ3v) is 3.20. The lowest BCUT2D eigenvalue weighted by molar-refractivity contribution is 0.566. The Morgan fingerprint density at radius 1 is 1.35 bits per heavy atom. The van der Waals surface area contributed by atoms with Crippen molar-refractivity contribution in [2.45, 2.75) is 26.3 Å². The van der Waals surface area contributed by atoms with Crippen LogP contribution in [0.3, 0.4) is 0 Å². The molecule has 2 aromatic rings. The molecule has 0 fully saturated rings. The molecule has 0 saturated carbocycles. The van der Waals surface area contributed by atoms with Crippen LogP contribution in [-0.2, 0) is 13.6 Å². The molecule has 2 heterocycles. The van der Waals surface area contributed by atoms with Crippen molar-refractivity contribution in [2.75, 3.05) is 0 Å². The lowest BCUT2D eigenvalue weighted by Crippen LogP contribution is -2.40. The second kappa shape index (κ2) is 5.17. The van der Waals surface area contributed by atoms with Crippen molar-refractivity contribution in [1.29, 1.82) is 5.26 Å². The second-order valence-electron chi connectivity index (χ2n) is 4.54. The maximum absolute atomic E-state index is 12.3. The number of H-pyrrole nitrogens is 1. The van der Waals surface area contributed by atoms with Crippen molar-refractivity contribution in [3.05, 3.63) is 42.8 Å². The number of unbranched alkanes of at least 4 members (excludes halogenated alkanes) is 1. The number of nitriles is 1. The molecule has 0 atom stereocenters. The average Bonchev–Trinajstić information content (AvgIpc) is 2.44. The number of pyridine rings is 1. The highest BCUT2D eigenvalue weighted by atomic mass is 16.2. The van der Waals surface area contributed by atoms with Crippen molar-refractivity contribution < 1.29 is 0 Å². The smallest absolute Gasteiger partial charge is 0.307 e. The predicted molar refractivity (Wildman–Crippen MR) is 73.7 cm³/mol. The topological polar surface area (TPSA) is 101 Å². The second-order valence-corrected chi connectivity index (χ2v) is 4.54. The monoisotopic (exact) mass is 274 g/mol. The van der Waals surface area contributed by atoms with E-state index in [-0.39, 0.29) is 16.6 Å². The zero-order valence-electron chi connectivity index (χ0n) is 11.3. The van der Waals surface area contributed by atoms with E-state index < -0.39 is 16.8 Å². The van der Waals surface area contributed by atoms with E-state index in [1.807, 2.05) is 6.92 Å². The fourth-order valence-electron chi connectivity index (χ4n) is 2.05. The van der Waals surface area contributed by atoms with Crippen LogP contribution < -0.4 is 16.8 Å². The van der Waals surface area contributed by atoms with Crippen molar-refractivity contribution in [3.63, 3.8) is 0 Å². The zero-order chi connectivity index (χ0) is 14.9. The lowest BCUT2D eigenvalue weighted by Gasteiger charge is -2.09. The molecule has 0 amide bonds. The summed E-state index contributed by atoms with van der Waals surface area (Å²) in [6.07, 6.45) is 1.55. The van der Waals surface area contributed by atoms with Crippen molar-refractivity contribution >= 4 is 11.0 Å². The Balaban J connectivity index is 2.91. The highest BCUT2D eigenvalue weighted by Gasteiger charge is 2.13. The first-order valence-electron chi connectivity index (χ1n) is 6.28. The number of hydrogen-bond donors (Lipinski definition) is 1. The highest BCUT2D eigenvalue weighted by molar-refractivity contribution is 5.75. The Morgan fingerprint density at radius 2 is 2.05 bits per heavy atom. The Hall–Kier alpha value is -2.62. The molecule has 0 bridgehead atoms. The maximum Gasteiger partial charge on any atom is 0.332 e. The van der Waals surface area contributed by atoms with Crippen LogP contribution in [-0.4, -0.2) is 14.1 Å². The van der Waals surface area contributed by atoms with Crippen LogP contribution >= 0.6 is 0 Å². The van der Waals surface area contributed by atoms with Crippen LogP contribution in [0.15, 0.2) is 20.4 Å². The number of aryl methyl sites for hydroxylation is 1. The molecular weight excluding hydrogens is 260 g/mol. The Kier molecular flexibility index (Phi) is 3.57. The Morgan fingerprint density at radius 3 is 2.65 bits per heavy atom. The Labute approximate surface area is 113 Å². The van der Waals surface area contributed by atoms with Crippen LogP contribution in [0.2, 0.25) is 0 Å². The molecule has 0 aliphatic rings. The SMILES string of the molecule is CCCCn1c(=O)c2cc(C#N)c(=O)[nH]c2n(C)c1=O. The van der Waals surface area contributed by atoms with Gasteiger partial charge in [-0.25, -0.2) is 4.79 Å². The van der Waals surface area contributed by atoms with Gasteiger partial charge in [0, 0.05) is 13.6 Å². The fourth-order valence-corrected chi connectivity index (χ4v) is 2.05. The van der Waals surface area contributed by atoms with Gasteiger partial charge in [0.1, 0.15) is 17.3 Å². The molecule has 0 saturated heterocycles. The van der Waals surface area contributed by atoms with Crippen LogP contribution in [0.25, 0.3) is 11.0 Å². The molecule has 0 aliphatic carbocycles. The molecule has 0 aliphatic heterocycles. The molecule has 2 aromatic heterocycles. The average molecular weight is 274 g/mol. The number of hydrogen-bond acceptors (Lipinski definition) is 4. The summed E-state index contributed by atoms with van der Waals surface area (Å²) in [5, 5.41) is 9.02. The lowest BCUT2D eigenvalue weighted by atomic mass is 10.2. The van der Waals surface area contributed by atoms with E-state index in [4.69, 9.17) is 5.26 Å². The normalized spacial score (nSPS) is 10.7. The number of nitrogens with one attached hydrogen (secondary N) is 1. The van der Waals surface area contributed by atoms with Gasteiger partial charge in [-0.1, -0.05) is 13.3 Å². The van der Waals surface area contributed by atoms with Crippen LogP contribution in [0.5, 0.6) is 0 Å². The summed E-state index contributed by atoms with van der Waals surface area (Å²) in [6.45, 7) is 2.28. The van der Waals surface area contributed by atoms with Gasteiger partial charge in [0.2, 0.25) is 0 Å². The summed E-state index contributed by atoms with van der Waals surface area (Å²) in [4.78, 5) is 38.4. The quantitative estimate of drug-likeness (QED) is 0.855. The van der Waals surface area contributed by atoms with Crippen LogP contribution in [0.1, 0.15) is 25.3 Å². The van der Waals surface area contributed by atoms with Gasteiger partial charge in [-0.3, -0.25) is 18.7 Å². The molecule has 2 rings (SSSR count). The van der Waals surface area contributed by atoms with Crippen LogP contribution in [0.4, 0.5) is 0 Å². The van der Waals surface area contributed by atoms with Gasteiger partial charge in [0.05, 0.1) is 5.39 Å². The molecule has 0 radical (unpaired) electrons. The van der Waals surface area contributed by atoms with Crippen molar-refractivity contribution in [3.8, 4) is 6.07 Å². The molecule has 0 aromatic carbocycles. The Bertz CT molecular complexity index is 880. The van der Waals surface area contributed by atoms with Gasteiger partial charge in [-0.2, -0.15) is 5.26 Å². The predicted octanol–water partition coefficient (Wildman–Crippen LogP) is 0.0603. The summed E-state index contributed by atoms with van der Waals surface area (Å²) in [5.74, 6) is 0. The van der Waals surface area contributed by atoms with Gasteiger partial charge in [-0.05, 0) is 12.5 Å². The third kappa shape index (κ3) is 2.05. The third-order valence-electron chi connectivity index (χ3n) is 3.20. The maximum atomic E-state index is 12.3. The first kappa shape index (κ1) is 13.8. The number of nitrogens with zero attached hydrogens (tertiary/aromatic N) is 3. The molecule has 0 spiro atoms. The minimum Gasteiger partial charge on any atom is -0.307 e. The molecule has 1 N–H and O–H groups in total. The van der Waals surface area contributed by atoms with E-state index >= 15 is 0 Å². The zero-order valence-corrected chi connectivity index (χ0v) is 11.3. The van der Waals surface area contributed by atoms with Gasteiger partial charge in [-0.15, -0.1) is 0 Å². The van der Waals surface area contributed by atoms with E-state index in [1.54, 1.807) is 6.07 Å². The summed E-state index contributed by atoms with van der Waals surface area (Å²) < 4.78 is 2.35. The van der Waals surface area contributed by atoms with Crippen molar-refractivity contribution in [2.24, 2.45) is 7.05 Å². The highest BCUT2D eigenvalue weighted by Crippen LogP contribution is 2.03. The van der Waals surface area contributed by atoms with Crippen molar-refractivity contribution in [1.82, 2.24) is 14.1 Å². The fraction of sp³-hybridized carbons (Fsp3) is 0.385. The molecule has 0 unspecified atom stereocenters. The molecule has 20 heavy (non-hydrogen) atoms. The largest absolute Gasteiger partial charge is 0.332 e.